The molecule has 25 heavy (non-hydrogen) atoms. The first-order valence-electron chi connectivity index (χ1n) is 8.91. The van der Waals surface area contributed by atoms with E-state index in [1.54, 1.807) is 0 Å². The molecular formula is C21H27N3O. The van der Waals surface area contributed by atoms with E-state index in [2.05, 4.69) is 48.1 Å². The molecule has 2 aromatic carbocycles. The summed E-state index contributed by atoms with van der Waals surface area (Å²) >= 11 is 0. The van der Waals surface area contributed by atoms with E-state index in [1.165, 1.54) is 16.8 Å². The minimum Gasteiger partial charge on any atom is -0.369 e. The first kappa shape index (κ1) is 17.5. The summed E-state index contributed by atoms with van der Waals surface area (Å²) in [7, 11) is 2.16. The predicted octanol–water partition coefficient (Wildman–Crippen LogP) is 3.24. The van der Waals surface area contributed by atoms with Crippen molar-refractivity contribution in [2.24, 2.45) is 0 Å². The maximum Gasteiger partial charge on any atom is 0.228 e. The number of likely N-dealkylation sites (N-methyl/N-ethyl adjacent to an activating group) is 1. The van der Waals surface area contributed by atoms with E-state index < -0.39 is 0 Å². The van der Waals surface area contributed by atoms with Crippen molar-refractivity contribution >= 4 is 17.3 Å². The lowest BCUT2D eigenvalue weighted by molar-refractivity contribution is -0.115. The normalized spacial score (nSPS) is 15.2. The highest BCUT2D eigenvalue weighted by atomic mass is 16.1. The van der Waals surface area contributed by atoms with Crippen LogP contribution in [-0.4, -0.2) is 44.0 Å². The number of rotatable bonds is 4. The van der Waals surface area contributed by atoms with Crippen molar-refractivity contribution in [3.63, 3.8) is 0 Å². The summed E-state index contributed by atoms with van der Waals surface area (Å²) in [5.74, 6) is 0.0237. The molecule has 4 nitrogen and oxygen atoms in total. The molecule has 0 unspecified atom stereocenters. The SMILES string of the molecule is Cc1ccc(CC(=O)Nc2ccc(N3CCN(C)CC3)c(C)c2)cc1. The molecule has 132 valence electrons. The van der Waals surface area contributed by atoms with Gasteiger partial charge in [0.25, 0.3) is 0 Å². The van der Waals surface area contributed by atoms with Crippen LogP contribution in [0, 0.1) is 13.8 Å². The number of piperazine rings is 1. The molecule has 0 spiro atoms. The highest BCUT2D eigenvalue weighted by molar-refractivity contribution is 5.92. The minimum absolute atomic E-state index is 0.0237. The number of amides is 1. The van der Waals surface area contributed by atoms with E-state index in [0.717, 1.165) is 37.4 Å². The number of nitrogens with one attached hydrogen (secondary N) is 1. The smallest absolute Gasteiger partial charge is 0.228 e. The topological polar surface area (TPSA) is 35.6 Å². The highest BCUT2D eigenvalue weighted by Gasteiger charge is 2.16. The molecule has 1 fully saturated rings. The first-order valence-corrected chi connectivity index (χ1v) is 8.91. The van der Waals surface area contributed by atoms with Crippen LogP contribution < -0.4 is 10.2 Å². The van der Waals surface area contributed by atoms with Crippen molar-refractivity contribution in [1.29, 1.82) is 0 Å². The van der Waals surface area contributed by atoms with Gasteiger partial charge in [-0.15, -0.1) is 0 Å². The molecule has 0 saturated carbocycles. The van der Waals surface area contributed by atoms with E-state index >= 15 is 0 Å². The molecule has 1 aliphatic rings. The maximum absolute atomic E-state index is 12.3. The van der Waals surface area contributed by atoms with Crippen LogP contribution in [0.15, 0.2) is 42.5 Å². The van der Waals surface area contributed by atoms with Gasteiger partial charge in [-0.2, -0.15) is 0 Å². The van der Waals surface area contributed by atoms with Crippen molar-refractivity contribution in [2.45, 2.75) is 20.3 Å². The molecule has 0 aliphatic carbocycles. The summed E-state index contributed by atoms with van der Waals surface area (Å²) in [4.78, 5) is 17.1. The number of aryl methyl sites for hydroxylation is 2. The third-order valence-corrected chi connectivity index (χ3v) is 4.81. The summed E-state index contributed by atoms with van der Waals surface area (Å²) in [6, 6.07) is 14.3. The molecule has 4 heteroatoms. The molecular weight excluding hydrogens is 310 g/mol. The largest absolute Gasteiger partial charge is 0.369 e. The molecule has 2 aromatic rings. The monoisotopic (exact) mass is 337 g/mol. The molecule has 0 radical (unpaired) electrons. The number of hydrogen-bond donors (Lipinski definition) is 1. The van der Waals surface area contributed by atoms with E-state index in [4.69, 9.17) is 0 Å². The van der Waals surface area contributed by atoms with E-state index in [0.29, 0.717) is 6.42 Å². The third-order valence-electron chi connectivity index (χ3n) is 4.81. The fourth-order valence-corrected chi connectivity index (χ4v) is 3.23. The zero-order valence-electron chi connectivity index (χ0n) is 15.4. The molecule has 1 aliphatic heterocycles. The molecule has 0 atom stereocenters. The second kappa shape index (κ2) is 7.70. The Morgan fingerprint density at radius 3 is 2.32 bits per heavy atom. The lowest BCUT2D eigenvalue weighted by Crippen LogP contribution is -2.44. The average molecular weight is 337 g/mol. The fraction of sp³-hybridized carbons (Fsp3) is 0.381. The number of benzene rings is 2. The van der Waals surface area contributed by atoms with Gasteiger partial charge >= 0.3 is 0 Å². The lowest BCUT2D eigenvalue weighted by Gasteiger charge is -2.35. The van der Waals surface area contributed by atoms with Gasteiger partial charge in [0.15, 0.2) is 0 Å². The molecule has 0 bridgehead atoms. The number of hydrogen-bond acceptors (Lipinski definition) is 3. The van der Waals surface area contributed by atoms with E-state index in [1.807, 2.05) is 30.3 Å². The van der Waals surface area contributed by atoms with Gasteiger partial charge in [0.1, 0.15) is 0 Å². The second-order valence-corrected chi connectivity index (χ2v) is 7.00. The van der Waals surface area contributed by atoms with Crippen LogP contribution in [0.4, 0.5) is 11.4 Å². The summed E-state index contributed by atoms with van der Waals surface area (Å²) < 4.78 is 0. The Morgan fingerprint density at radius 2 is 1.68 bits per heavy atom. The van der Waals surface area contributed by atoms with Crippen molar-refractivity contribution in [1.82, 2.24) is 4.90 Å². The third kappa shape index (κ3) is 4.60. The zero-order valence-corrected chi connectivity index (χ0v) is 15.4. The van der Waals surface area contributed by atoms with Crippen LogP contribution in [0.5, 0.6) is 0 Å². The summed E-state index contributed by atoms with van der Waals surface area (Å²) in [6.07, 6.45) is 0.402. The summed E-state index contributed by atoms with van der Waals surface area (Å²) in [5, 5.41) is 3.02. The van der Waals surface area contributed by atoms with Crippen LogP contribution in [0.25, 0.3) is 0 Å². The zero-order chi connectivity index (χ0) is 17.8. The molecule has 0 aromatic heterocycles. The number of carbonyl (C=O) groups excluding carboxylic acids is 1. The molecule has 1 heterocycles. The van der Waals surface area contributed by atoms with Crippen molar-refractivity contribution in [3.05, 3.63) is 59.2 Å². The lowest BCUT2D eigenvalue weighted by atomic mass is 10.1. The van der Waals surface area contributed by atoms with Crippen LogP contribution in [-0.2, 0) is 11.2 Å². The predicted molar refractivity (Wildman–Crippen MR) is 104 cm³/mol. The fourth-order valence-electron chi connectivity index (χ4n) is 3.23. The Morgan fingerprint density at radius 1 is 1.00 bits per heavy atom. The van der Waals surface area contributed by atoms with Gasteiger partial charge in [0.2, 0.25) is 5.91 Å². The van der Waals surface area contributed by atoms with Gasteiger partial charge in [0.05, 0.1) is 6.42 Å². The van der Waals surface area contributed by atoms with Crippen LogP contribution in [0.3, 0.4) is 0 Å². The minimum atomic E-state index is 0.0237. The Hall–Kier alpha value is -2.33. The van der Waals surface area contributed by atoms with Crippen LogP contribution >= 0.6 is 0 Å². The van der Waals surface area contributed by atoms with Crippen LogP contribution in [0.2, 0.25) is 0 Å². The second-order valence-electron chi connectivity index (χ2n) is 7.00. The van der Waals surface area contributed by atoms with Gasteiger partial charge in [0, 0.05) is 37.6 Å². The molecule has 1 amide bonds. The highest BCUT2D eigenvalue weighted by Crippen LogP contribution is 2.24. The number of anilines is 2. The number of carbonyl (C=O) groups is 1. The van der Waals surface area contributed by atoms with E-state index in [9.17, 15) is 4.79 Å². The Labute approximate surface area is 150 Å². The standard InChI is InChI=1S/C21H27N3O/c1-16-4-6-18(7-5-16)15-21(25)22-19-8-9-20(17(2)14-19)24-12-10-23(3)11-13-24/h4-9,14H,10-13,15H2,1-3H3,(H,22,25). The molecule has 1 saturated heterocycles. The van der Waals surface area contributed by atoms with Gasteiger partial charge in [-0.05, 0) is 50.2 Å². The average Bonchev–Trinajstić information content (AvgIpc) is 2.58. The van der Waals surface area contributed by atoms with Gasteiger partial charge < -0.3 is 15.1 Å². The van der Waals surface area contributed by atoms with E-state index in [-0.39, 0.29) is 5.91 Å². The first-order chi connectivity index (χ1) is 12.0. The Kier molecular flexibility index (Phi) is 5.39. The summed E-state index contributed by atoms with van der Waals surface area (Å²) in [6.45, 7) is 8.45. The quantitative estimate of drug-likeness (QED) is 0.930. The van der Waals surface area contributed by atoms with Crippen molar-refractivity contribution in [3.8, 4) is 0 Å². The maximum atomic E-state index is 12.3. The summed E-state index contributed by atoms with van der Waals surface area (Å²) in [5.41, 5.74) is 5.59. The number of nitrogens with zero attached hydrogens (tertiary/aromatic N) is 2. The van der Waals surface area contributed by atoms with Crippen LogP contribution in [0.1, 0.15) is 16.7 Å². The van der Waals surface area contributed by atoms with Gasteiger partial charge in [-0.1, -0.05) is 29.8 Å². The van der Waals surface area contributed by atoms with Crippen molar-refractivity contribution in [2.75, 3.05) is 43.4 Å². The molecule has 1 N–H and O–H groups in total. The van der Waals surface area contributed by atoms with Crippen molar-refractivity contribution < 1.29 is 4.79 Å². The Bertz CT molecular complexity index is 731. The Balaban J connectivity index is 1.62. The van der Waals surface area contributed by atoms with Gasteiger partial charge in [-0.3, -0.25) is 4.79 Å². The molecule has 3 rings (SSSR count). The van der Waals surface area contributed by atoms with Gasteiger partial charge in [-0.25, -0.2) is 0 Å².